The zero-order chi connectivity index (χ0) is 19.2. The summed E-state index contributed by atoms with van der Waals surface area (Å²) < 4.78 is 7.44. The number of hydrogen-bond acceptors (Lipinski definition) is 4. The molecule has 1 saturated heterocycles. The molecule has 28 heavy (non-hydrogen) atoms. The normalized spacial score (nSPS) is 16.1. The van der Waals surface area contributed by atoms with Crippen molar-refractivity contribution in [2.24, 2.45) is 0 Å². The first-order chi connectivity index (χ1) is 13.8. The van der Waals surface area contributed by atoms with Crippen LogP contribution in [0.4, 0.5) is 0 Å². The van der Waals surface area contributed by atoms with Gasteiger partial charge in [0.2, 0.25) is 5.91 Å². The van der Waals surface area contributed by atoms with Crippen molar-refractivity contribution in [1.29, 1.82) is 0 Å². The molecule has 2 aromatic heterocycles. The number of hydrogen-bond donors (Lipinski definition) is 1. The molecule has 4 rings (SSSR count). The fraction of sp³-hybridized carbons (Fsp3) is 0.364. The summed E-state index contributed by atoms with van der Waals surface area (Å²) in [7, 11) is 0. The molecule has 1 aliphatic heterocycles. The summed E-state index contributed by atoms with van der Waals surface area (Å²) >= 11 is 0. The molecule has 6 nitrogen and oxygen atoms in total. The minimum Gasteiger partial charge on any atom is -0.379 e. The summed E-state index contributed by atoms with van der Waals surface area (Å²) in [5.41, 5.74) is 3.05. The third kappa shape index (κ3) is 4.40. The number of pyridine rings is 1. The van der Waals surface area contributed by atoms with E-state index in [9.17, 15) is 4.79 Å². The van der Waals surface area contributed by atoms with Gasteiger partial charge in [-0.2, -0.15) is 0 Å². The second-order valence-electron chi connectivity index (χ2n) is 7.08. The van der Waals surface area contributed by atoms with Crippen LogP contribution in [0.2, 0.25) is 0 Å². The zero-order valence-electron chi connectivity index (χ0n) is 16.0. The first-order valence-electron chi connectivity index (χ1n) is 9.85. The SMILES string of the molecule is O=C(CC(c1ccccc1)c1cnc2ccccn12)NCCN1CCOCC1. The largest absolute Gasteiger partial charge is 0.379 e. The predicted octanol–water partition coefficient (Wildman–Crippen LogP) is 2.30. The minimum absolute atomic E-state index is 0.0398. The number of carbonyl (C=O) groups is 1. The standard InChI is InChI=1S/C22H26N4O2/c27-22(23-9-11-25-12-14-28-15-13-25)16-19(18-6-2-1-3-7-18)20-17-24-21-8-4-5-10-26(20)21/h1-8,10,17,19H,9,11-16H2,(H,23,27). The van der Waals surface area contributed by atoms with Crippen molar-refractivity contribution >= 4 is 11.6 Å². The van der Waals surface area contributed by atoms with Crippen LogP contribution in [-0.2, 0) is 9.53 Å². The van der Waals surface area contributed by atoms with E-state index in [4.69, 9.17) is 4.74 Å². The third-order valence-electron chi connectivity index (χ3n) is 5.25. The summed E-state index contributed by atoms with van der Waals surface area (Å²) in [5.74, 6) is 0.0231. The second-order valence-corrected chi connectivity index (χ2v) is 7.08. The van der Waals surface area contributed by atoms with Gasteiger partial charge in [-0.15, -0.1) is 0 Å². The maximum absolute atomic E-state index is 12.7. The molecule has 146 valence electrons. The minimum atomic E-state index is -0.0398. The average molecular weight is 378 g/mol. The molecule has 1 atom stereocenters. The van der Waals surface area contributed by atoms with E-state index in [1.165, 1.54) is 0 Å². The van der Waals surface area contributed by atoms with Crippen molar-refractivity contribution in [2.45, 2.75) is 12.3 Å². The van der Waals surface area contributed by atoms with Crippen molar-refractivity contribution in [3.63, 3.8) is 0 Å². The first-order valence-corrected chi connectivity index (χ1v) is 9.85. The Kier molecular flexibility index (Phi) is 5.99. The van der Waals surface area contributed by atoms with Crippen molar-refractivity contribution in [1.82, 2.24) is 19.6 Å². The molecular weight excluding hydrogens is 352 g/mol. The van der Waals surface area contributed by atoms with Gasteiger partial charge in [-0.3, -0.25) is 9.69 Å². The Labute approximate surface area is 165 Å². The summed E-state index contributed by atoms with van der Waals surface area (Å²) in [6.07, 6.45) is 4.29. The van der Waals surface area contributed by atoms with Gasteiger partial charge in [-0.25, -0.2) is 4.98 Å². The second kappa shape index (κ2) is 8.99. The molecule has 1 aromatic carbocycles. The molecule has 1 aliphatic rings. The number of imidazole rings is 1. The predicted molar refractivity (Wildman–Crippen MR) is 108 cm³/mol. The van der Waals surface area contributed by atoms with E-state index in [-0.39, 0.29) is 11.8 Å². The van der Waals surface area contributed by atoms with Crippen LogP contribution in [0.15, 0.2) is 60.9 Å². The monoisotopic (exact) mass is 378 g/mol. The van der Waals surface area contributed by atoms with Crippen LogP contribution in [0.25, 0.3) is 5.65 Å². The topological polar surface area (TPSA) is 58.9 Å². The Hall–Kier alpha value is -2.70. The number of amides is 1. The van der Waals surface area contributed by atoms with E-state index in [2.05, 4.69) is 31.7 Å². The summed E-state index contributed by atoms with van der Waals surface area (Å²) in [5, 5.41) is 3.09. The lowest BCUT2D eigenvalue weighted by atomic mass is 9.92. The summed E-state index contributed by atoms with van der Waals surface area (Å²) in [4.78, 5) is 19.5. The van der Waals surface area contributed by atoms with Crippen LogP contribution in [-0.4, -0.2) is 59.6 Å². The number of fused-ring (bicyclic) bond motifs is 1. The van der Waals surface area contributed by atoms with Crippen molar-refractivity contribution < 1.29 is 9.53 Å². The molecule has 0 bridgehead atoms. The Balaban J connectivity index is 1.46. The highest BCUT2D eigenvalue weighted by Crippen LogP contribution is 2.28. The Morgan fingerprint density at radius 3 is 2.71 bits per heavy atom. The number of rotatable bonds is 7. The van der Waals surface area contributed by atoms with Gasteiger partial charge in [0.05, 0.1) is 18.9 Å². The molecule has 6 heteroatoms. The molecule has 0 spiro atoms. The highest BCUT2D eigenvalue weighted by Gasteiger charge is 2.21. The maximum atomic E-state index is 12.7. The van der Waals surface area contributed by atoms with Crippen LogP contribution >= 0.6 is 0 Å². The van der Waals surface area contributed by atoms with Gasteiger partial charge in [0.25, 0.3) is 0 Å². The lowest BCUT2D eigenvalue weighted by molar-refractivity contribution is -0.121. The highest BCUT2D eigenvalue weighted by molar-refractivity contribution is 5.77. The number of aromatic nitrogens is 2. The van der Waals surface area contributed by atoms with Gasteiger partial charge in [0.1, 0.15) is 5.65 Å². The van der Waals surface area contributed by atoms with Crippen LogP contribution < -0.4 is 5.32 Å². The van der Waals surface area contributed by atoms with Crippen molar-refractivity contribution in [3.05, 3.63) is 72.2 Å². The maximum Gasteiger partial charge on any atom is 0.221 e. The van der Waals surface area contributed by atoms with Gasteiger partial charge in [0.15, 0.2) is 0 Å². The molecule has 1 amide bonds. The molecule has 0 radical (unpaired) electrons. The first kappa shape index (κ1) is 18.7. The number of benzene rings is 1. The van der Waals surface area contributed by atoms with Crippen molar-refractivity contribution in [3.8, 4) is 0 Å². The summed E-state index contributed by atoms with van der Waals surface area (Å²) in [6, 6.07) is 16.1. The van der Waals surface area contributed by atoms with E-state index in [1.54, 1.807) is 0 Å². The van der Waals surface area contributed by atoms with E-state index in [0.717, 1.165) is 49.8 Å². The van der Waals surface area contributed by atoms with E-state index >= 15 is 0 Å². The van der Waals surface area contributed by atoms with Crippen LogP contribution in [0.3, 0.4) is 0 Å². The van der Waals surface area contributed by atoms with Crippen molar-refractivity contribution in [2.75, 3.05) is 39.4 Å². The molecule has 3 aromatic rings. The number of ether oxygens (including phenoxy) is 1. The van der Waals surface area contributed by atoms with Crippen LogP contribution in [0.1, 0.15) is 23.6 Å². The molecule has 0 aliphatic carbocycles. The molecule has 1 fully saturated rings. The zero-order valence-corrected chi connectivity index (χ0v) is 16.0. The lowest BCUT2D eigenvalue weighted by Gasteiger charge is -2.26. The average Bonchev–Trinajstić information content (AvgIpc) is 3.17. The molecular formula is C22H26N4O2. The van der Waals surface area contributed by atoms with Crippen LogP contribution in [0.5, 0.6) is 0 Å². The molecule has 3 heterocycles. The fourth-order valence-electron chi connectivity index (χ4n) is 3.72. The van der Waals surface area contributed by atoms with Gasteiger partial charge in [-0.05, 0) is 17.7 Å². The molecule has 1 N–H and O–H groups in total. The lowest BCUT2D eigenvalue weighted by Crippen LogP contribution is -2.41. The number of morpholine rings is 1. The number of nitrogens with zero attached hydrogens (tertiary/aromatic N) is 3. The van der Waals surface area contributed by atoms with Gasteiger partial charge in [-0.1, -0.05) is 36.4 Å². The molecule has 0 saturated carbocycles. The van der Waals surface area contributed by atoms with Crippen LogP contribution in [0, 0.1) is 0 Å². The summed E-state index contributed by atoms with van der Waals surface area (Å²) in [6.45, 7) is 4.94. The quantitative estimate of drug-likeness (QED) is 0.685. The number of carbonyl (C=O) groups excluding carboxylic acids is 1. The van der Waals surface area contributed by atoms with Gasteiger partial charge in [0, 0.05) is 50.9 Å². The van der Waals surface area contributed by atoms with Gasteiger partial charge < -0.3 is 14.5 Å². The van der Waals surface area contributed by atoms with Gasteiger partial charge >= 0.3 is 0 Å². The molecule has 1 unspecified atom stereocenters. The Morgan fingerprint density at radius 1 is 1.11 bits per heavy atom. The van der Waals surface area contributed by atoms with E-state index in [1.807, 2.05) is 48.8 Å². The number of nitrogens with one attached hydrogen (secondary N) is 1. The Bertz CT molecular complexity index is 903. The highest BCUT2D eigenvalue weighted by atomic mass is 16.5. The fourth-order valence-corrected chi connectivity index (χ4v) is 3.72. The van der Waals surface area contributed by atoms with E-state index in [0.29, 0.717) is 13.0 Å². The Morgan fingerprint density at radius 2 is 1.89 bits per heavy atom. The third-order valence-corrected chi connectivity index (χ3v) is 5.25. The van der Waals surface area contributed by atoms with E-state index < -0.39 is 0 Å². The smallest absolute Gasteiger partial charge is 0.221 e.